The highest BCUT2D eigenvalue weighted by atomic mass is 16.3. The summed E-state index contributed by atoms with van der Waals surface area (Å²) in [5.41, 5.74) is 17.7. The van der Waals surface area contributed by atoms with Gasteiger partial charge in [0, 0.05) is 37.6 Å². The maximum atomic E-state index is 14.2. The van der Waals surface area contributed by atoms with Crippen molar-refractivity contribution in [3.05, 3.63) is 29.8 Å². The number of phenols is 1. The molecule has 3 fully saturated rings. The zero-order valence-electron chi connectivity index (χ0n) is 34.2. The van der Waals surface area contributed by atoms with E-state index in [-0.39, 0.29) is 78.1 Å². The summed E-state index contributed by atoms with van der Waals surface area (Å²) in [7, 11) is 0. The van der Waals surface area contributed by atoms with E-state index in [0.717, 1.165) is 24.8 Å². The molecular formula is C43H67N7O8. The second kappa shape index (κ2) is 23.3. The minimum absolute atomic E-state index is 0.0517. The second-order valence-corrected chi connectivity index (χ2v) is 16.8. The molecule has 0 aliphatic heterocycles. The first-order valence-corrected chi connectivity index (χ1v) is 21.5. The van der Waals surface area contributed by atoms with Crippen molar-refractivity contribution in [2.75, 3.05) is 13.1 Å². The van der Waals surface area contributed by atoms with Crippen molar-refractivity contribution in [2.24, 2.45) is 46.8 Å². The number of hydrogen-bond acceptors (Lipinski definition) is 10. The Kier molecular flexibility index (Phi) is 18.6. The minimum Gasteiger partial charge on any atom is -0.508 e. The molecule has 1 aromatic rings. The predicted octanol–water partition coefficient (Wildman–Crippen LogP) is 2.19. The van der Waals surface area contributed by atoms with Crippen LogP contribution in [-0.2, 0) is 40.0 Å². The minimum atomic E-state index is -0.917. The van der Waals surface area contributed by atoms with E-state index >= 15 is 0 Å². The number of nitrogens with one attached hydrogen (secondary N) is 4. The first kappa shape index (κ1) is 46.3. The molecule has 4 rings (SSSR count). The molecule has 322 valence electrons. The molecule has 0 radical (unpaired) electrons. The van der Waals surface area contributed by atoms with Gasteiger partial charge in [-0.1, -0.05) is 31.4 Å². The van der Waals surface area contributed by atoms with Gasteiger partial charge in [0.15, 0.2) is 11.6 Å². The SMILES string of the molecule is CC(=O)N[C@H]1CCC[C@@H]1C(=O)N[C@H](CCCCN)C(=O)C[C@H]1CCC[C@@H]1C(=O)N[C@H](Cc1ccc(O)cc1)C(=O)C[C@H]1CCC[C@@H]1C(=O)N[C@H](CCCCN)C(N)=O. The number of hydrogen-bond donors (Lipinski definition) is 8. The number of Topliss-reactive ketones (excluding diaryl/α,β-unsaturated/α-hetero) is 2. The summed E-state index contributed by atoms with van der Waals surface area (Å²) in [6, 6.07) is 3.67. The lowest BCUT2D eigenvalue weighted by Gasteiger charge is -2.27. The number of primary amides is 1. The van der Waals surface area contributed by atoms with Crippen LogP contribution in [0.3, 0.4) is 0 Å². The molecular weight excluding hydrogens is 743 g/mol. The van der Waals surface area contributed by atoms with Crippen LogP contribution in [0.25, 0.3) is 0 Å². The molecule has 9 atom stereocenters. The summed E-state index contributed by atoms with van der Waals surface area (Å²) in [6.45, 7) is 2.35. The van der Waals surface area contributed by atoms with Gasteiger partial charge >= 0.3 is 0 Å². The van der Waals surface area contributed by atoms with E-state index in [9.17, 15) is 38.7 Å². The zero-order chi connectivity index (χ0) is 42.2. The Labute approximate surface area is 342 Å². The Bertz CT molecular complexity index is 1570. The van der Waals surface area contributed by atoms with Crippen LogP contribution in [0.4, 0.5) is 0 Å². The molecule has 58 heavy (non-hydrogen) atoms. The van der Waals surface area contributed by atoms with Crippen LogP contribution in [-0.4, -0.2) is 83.5 Å². The van der Waals surface area contributed by atoms with Gasteiger partial charge in [0.05, 0.1) is 18.0 Å². The number of carbonyl (C=O) groups excluding carboxylic acids is 7. The Morgan fingerprint density at radius 2 is 1.10 bits per heavy atom. The van der Waals surface area contributed by atoms with Crippen molar-refractivity contribution >= 4 is 41.1 Å². The smallest absolute Gasteiger partial charge is 0.239 e. The van der Waals surface area contributed by atoms with Crippen LogP contribution in [0.15, 0.2) is 24.3 Å². The normalized spacial score (nSPS) is 24.3. The van der Waals surface area contributed by atoms with Crippen molar-refractivity contribution in [1.29, 1.82) is 0 Å². The van der Waals surface area contributed by atoms with Crippen LogP contribution in [0.5, 0.6) is 5.75 Å². The van der Waals surface area contributed by atoms with Crippen molar-refractivity contribution in [3.63, 3.8) is 0 Å². The van der Waals surface area contributed by atoms with Gasteiger partial charge in [-0.2, -0.15) is 0 Å². The number of aromatic hydroxyl groups is 1. The second-order valence-electron chi connectivity index (χ2n) is 16.8. The fraction of sp³-hybridized carbons (Fsp3) is 0.698. The standard InChI is InChI=1S/C43H67N7O8/c1-26(51)47-34-16-8-13-33(34)43(58)48-35(14-2-4-21-44)38(53)24-28-9-6-12-32(28)42(57)50-37(23-27-17-19-30(52)20-18-27)39(54)25-29-10-7-11-31(29)41(56)49-36(40(46)55)15-3-5-22-45/h17-20,28-29,31-37,52H,2-16,21-25,44-45H2,1H3,(H2,46,55)(H,47,51)(H,48,58)(H,49,56)(H,50,57)/t28-,29-,31+,32+,33+,34+,35-,36-,37-/m1/s1. The fourth-order valence-corrected chi connectivity index (χ4v) is 9.30. The highest BCUT2D eigenvalue weighted by Crippen LogP contribution is 2.37. The van der Waals surface area contributed by atoms with Crippen molar-refractivity contribution in [2.45, 2.75) is 147 Å². The summed E-state index contributed by atoms with van der Waals surface area (Å²) < 4.78 is 0. The lowest BCUT2D eigenvalue weighted by atomic mass is 9.85. The van der Waals surface area contributed by atoms with Gasteiger partial charge < -0.3 is 43.6 Å². The van der Waals surface area contributed by atoms with Crippen LogP contribution in [0.2, 0.25) is 0 Å². The quantitative estimate of drug-likeness (QED) is 0.0706. The van der Waals surface area contributed by atoms with Crippen LogP contribution < -0.4 is 38.5 Å². The fourth-order valence-electron chi connectivity index (χ4n) is 9.30. The zero-order valence-corrected chi connectivity index (χ0v) is 34.2. The molecule has 1 aromatic carbocycles. The van der Waals surface area contributed by atoms with E-state index in [0.29, 0.717) is 90.1 Å². The molecule has 3 aliphatic carbocycles. The van der Waals surface area contributed by atoms with Crippen molar-refractivity contribution in [3.8, 4) is 5.75 Å². The summed E-state index contributed by atoms with van der Waals surface area (Å²) in [5, 5.41) is 21.6. The third-order valence-corrected chi connectivity index (χ3v) is 12.5. The van der Waals surface area contributed by atoms with Gasteiger partial charge in [-0.15, -0.1) is 0 Å². The average molecular weight is 810 g/mol. The first-order chi connectivity index (χ1) is 27.8. The van der Waals surface area contributed by atoms with Crippen LogP contribution in [0, 0.1) is 29.6 Å². The number of carbonyl (C=O) groups is 7. The van der Waals surface area contributed by atoms with E-state index in [1.807, 2.05) is 0 Å². The number of unbranched alkanes of at least 4 members (excludes halogenated alkanes) is 2. The number of rotatable bonds is 24. The highest BCUT2D eigenvalue weighted by molar-refractivity contribution is 5.93. The Morgan fingerprint density at radius 3 is 1.64 bits per heavy atom. The van der Waals surface area contributed by atoms with Crippen molar-refractivity contribution in [1.82, 2.24) is 21.3 Å². The molecule has 0 unspecified atom stereocenters. The summed E-state index contributed by atoms with van der Waals surface area (Å²) in [6.07, 6.45) is 9.78. The van der Waals surface area contributed by atoms with Gasteiger partial charge in [0.1, 0.15) is 11.8 Å². The van der Waals surface area contributed by atoms with Gasteiger partial charge in [-0.25, -0.2) is 0 Å². The van der Waals surface area contributed by atoms with E-state index in [2.05, 4.69) is 21.3 Å². The number of phenolic OH excluding ortho intramolecular Hbond substituents is 1. The predicted molar refractivity (Wildman–Crippen MR) is 218 cm³/mol. The molecule has 0 spiro atoms. The molecule has 5 amide bonds. The van der Waals surface area contributed by atoms with E-state index in [1.165, 1.54) is 19.1 Å². The molecule has 11 N–H and O–H groups in total. The van der Waals surface area contributed by atoms with Gasteiger partial charge in [-0.3, -0.25) is 33.6 Å². The average Bonchev–Trinajstić information content (AvgIpc) is 3.96. The largest absolute Gasteiger partial charge is 0.508 e. The lowest BCUT2D eigenvalue weighted by Crippen LogP contribution is -2.49. The lowest BCUT2D eigenvalue weighted by molar-refractivity contribution is -0.134. The maximum Gasteiger partial charge on any atom is 0.239 e. The molecule has 3 aliphatic rings. The van der Waals surface area contributed by atoms with Crippen LogP contribution in [0.1, 0.15) is 122 Å². The molecule has 0 saturated heterocycles. The summed E-state index contributed by atoms with van der Waals surface area (Å²) in [5.74, 6) is -4.00. The number of nitrogens with two attached hydrogens (primary N) is 3. The summed E-state index contributed by atoms with van der Waals surface area (Å²) in [4.78, 5) is 93.0. The number of amides is 5. The third-order valence-electron chi connectivity index (χ3n) is 12.5. The molecule has 15 nitrogen and oxygen atoms in total. The Balaban J connectivity index is 1.44. The first-order valence-electron chi connectivity index (χ1n) is 21.5. The van der Waals surface area contributed by atoms with E-state index in [4.69, 9.17) is 17.2 Å². The Morgan fingerprint density at radius 1 is 0.638 bits per heavy atom. The monoisotopic (exact) mass is 810 g/mol. The molecule has 0 heterocycles. The molecule has 3 saturated carbocycles. The number of benzene rings is 1. The van der Waals surface area contributed by atoms with E-state index < -0.39 is 41.8 Å². The van der Waals surface area contributed by atoms with E-state index in [1.54, 1.807) is 12.1 Å². The van der Waals surface area contributed by atoms with Gasteiger partial charge in [0.25, 0.3) is 0 Å². The number of ketones is 2. The maximum absolute atomic E-state index is 14.2. The topological polar surface area (TPSA) is 266 Å². The third kappa shape index (κ3) is 13.9. The van der Waals surface area contributed by atoms with Gasteiger partial charge in [0.2, 0.25) is 29.5 Å². The van der Waals surface area contributed by atoms with Crippen LogP contribution >= 0.6 is 0 Å². The molecule has 0 aromatic heterocycles. The Hall–Kier alpha value is -4.37. The molecule has 0 bridgehead atoms. The van der Waals surface area contributed by atoms with Crippen molar-refractivity contribution < 1.29 is 38.7 Å². The highest BCUT2D eigenvalue weighted by Gasteiger charge is 2.41. The summed E-state index contributed by atoms with van der Waals surface area (Å²) >= 11 is 0. The van der Waals surface area contributed by atoms with Gasteiger partial charge in [-0.05, 0) is 126 Å². The molecule has 15 heteroatoms.